The molecule has 0 aliphatic carbocycles. The minimum absolute atomic E-state index is 0.103. The van der Waals surface area contributed by atoms with E-state index in [9.17, 15) is 0 Å². The Labute approximate surface area is 127 Å². The lowest BCUT2D eigenvalue weighted by Crippen LogP contribution is -2.22. The summed E-state index contributed by atoms with van der Waals surface area (Å²) in [6.07, 6.45) is 0. The summed E-state index contributed by atoms with van der Waals surface area (Å²) in [5.41, 5.74) is 5.26. The van der Waals surface area contributed by atoms with Crippen LogP contribution in [0.2, 0.25) is 0 Å². The predicted octanol–water partition coefficient (Wildman–Crippen LogP) is 4.09. The second kappa shape index (κ2) is 4.68. The number of rotatable bonds is 1. The van der Waals surface area contributed by atoms with Gasteiger partial charge in [-0.25, -0.2) is 9.97 Å². The first kappa shape index (κ1) is 13.8. The van der Waals surface area contributed by atoms with Crippen LogP contribution in [0.1, 0.15) is 32.0 Å². The summed E-state index contributed by atoms with van der Waals surface area (Å²) >= 11 is 1.60. The van der Waals surface area contributed by atoms with Crippen LogP contribution >= 0.6 is 11.3 Å². The predicted molar refractivity (Wildman–Crippen MR) is 85.3 cm³/mol. The van der Waals surface area contributed by atoms with Crippen LogP contribution in [0.15, 0.2) is 23.7 Å². The van der Waals surface area contributed by atoms with Crippen molar-refractivity contribution in [1.29, 1.82) is 5.26 Å². The van der Waals surface area contributed by atoms with Gasteiger partial charge in [0.15, 0.2) is 5.82 Å². The zero-order valence-electron chi connectivity index (χ0n) is 12.5. The average molecular weight is 296 g/mol. The fraction of sp³-hybridized carbons (Fsp3) is 0.312. The molecule has 21 heavy (non-hydrogen) atoms. The number of benzene rings is 1. The van der Waals surface area contributed by atoms with Crippen LogP contribution in [0.5, 0.6) is 0 Å². The van der Waals surface area contributed by atoms with E-state index in [2.05, 4.69) is 36.4 Å². The molecule has 0 aliphatic rings. The van der Waals surface area contributed by atoms with Crippen molar-refractivity contribution in [2.75, 3.05) is 0 Å². The quantitative estimate of drug-likeness (QED) is 0.679. The van der Waals surface area contributed by atoms with Crippen LogP contribution in [0.4, 0.5) is 0 Å². The van der Waals surface area contributed by atoms with Crippen LogP contribution in [0.3, 0.4) is 0 Å². The van der Waals surface area contributed by atoms with E-state index >= 15 is 0 Å². The normalized spacial score (nSPS) is 11.8. The van der Waals surface area contributed by atoms with Crippen LogP contribution in [-0.2, 0) is 5.54 Å². The van der Waals surface area contributed by atoms with Gasteiger partial charge < -0.3 is 4.57 Å². The Morgan fingerprint density at radius 3 is 2.62 bits per heavy atom. The first-order chi connectivity index (χ1) is 9.91. The molecule has 3 aromatic rings. The molecule has 0 amide bonds. The van der Waals surface area contributed by atoms with Crippen LogP contribution in [-0.4, -0.2) is 14.5 Å². The van der Waals surface area contributed by atoms with Gasteiger partial charge in [-0.15, -0.1) is 11.3 Å². The molecule has 0 spiro atoms. The molecule has 2 aromatic heterocycles. The number of fused-ring (bicyclic) bond motifs is 1. The molecule has 4 nitrogen and oxygen atoms in total. The second-order valence-electron chi connectivity index (χ2n) is 6.02. The summed E-state index contributed by atoms with van der Waals surface area (Å²) in [7, 11) is 0. The third-order valence-corrected chi connectivity index (χ3v) is 4.33. The number of nitrogens with zero attached hydrogens (tertiary/aromatic N) is 4. The van der Waals surface area contributed by atoms with Gasteiger partial charge in [-0.1, -0.05) is 0 Å². The van der Waals surface area contributed by atoms with Crippen molar-refractivity contribution in [2.45, 2.75) is 33.2 Å². The Morgan fingerprint density at radius 2 is 2.05 bits per heavy atom. The monoisotopic (exact) mass is 296 g/mol. The molecule has 3 rings (SSSR count). The van der Waals surface area contributed by atoms with Crippen LogP contribution in [0, 0.1) is 18.3 Å². The van der Waals surface area contributed by atoms with Crippen molar-refractivity contribution in [1.82, 2.24) is 14.5 Å². The molecule has 0 unspecified atom stereocenters. The van der Waals surface area contributed by atoms with E-state index in [1.54, 1.807) is 11.3 Å². The van der Waals surface area contributed by atoms with E-state index in [1.165, 1.54) is 0 Å². The Bertz CT molecular complexity index is 859. The molecule has 0 bridgehead atoms. The summed E-state index contributed by atoms with van der Waals surface area (Å²) < 4.78 is 2.23. The third-order valence-electron chi connectivity index (χ3n) is 3.40. The number of thiazole rings is 1. The van der Waals surface area contributed by atoms with Crippen molar-refractivity contribution in [3.05, 3.63) is 35.0 Å². The number of hydrogen-bond donors (Lipinski definition) is 0. The minimum atomic E-state index is -0.103. The van der Waals surface area contributed by atoms with E-state index in [-0.39, 0.29) is 5.54 Å². The molecule has 0 aliphatic heterocycles. The van der Waals surface area contributed by atoms with Gasteiger partial charge in [-0.3, -0.25) is 0 Å². The van der Waals surface area contributed by atoms with Crippen LogP contribution in [0.25, 0.3) is 21.7 Å². The lowest BCUT2D eigenvalue weighted by Gasteiger charge is -2.24. The van der Waals surface area contributed by atoms with Crippen molar-refractivity contribution >= 4 is 22.4 Å². The van der Waals surface area contributed by atoms with Gasteiger partial charge >= 0.3 is 0 Å². The first-order valence-electron chi connectivity index (χ1n) is 6.75. The molecule has 0 radical (unpaired) electrons. The minimum Gasteiger partial charge on any atom is -0.318 e. The molecule has 0 saturated carbocycles. The van der Waals surface area contributed by atoms with Crippen molar-refractivity contribution in [3.8, 4) is 16.8 Å². The largest absolute Gasteiger partial charge is 0.318 e. The Morgan fingerprint density at radius 1 is 1.29 bits per heavy atom. The SMILES string of the molecule is Cc1ncsc1-c1nc2cc(C#N)ccc2n1C(C)(C)C. The first-order valence-corrected chi connectivity index (χ1v) is 7.63. The number of hydrogen-bond acceptors (Lipinski definition) is 4. The zero-order valence-corrected chi connectivity index (χ0v) is 13.3. The number of aryl methyl sites for hydroxylation is 1. The smallest absolute Gasteiger partial charge is 0.153 e. The number of imidazole rings is 1. The van der Waals surface area contributed by atoms with Gasteiger partial charge in [0.05, 0.1) is 38.7 Å². The lowest BCUT2D eigenvalue weighted by molar-refractivity contribution is 0.413. The summed E-state index contributed by atoms with van der Waals surface area (Å²) in [5.74, 6) is 0.924. The second-order valence-corrected chi connectivity index (χ2v) is 6.88. The maximum absolute atomic E-state index is 9.07. The van der Waals surface area contributed by atoms with Crippen molar-refractivity contribution in [2.24, 2.45) is 0 Å². The standard InChI is InChI=1S/C16H16N4S/c1-10-14(21-9-18-10)15-19-12-7-11(8-17)5-6-13(12)20(15)16(2,3)4/h5-7,9H,1-4H3. The zero-order chi connectivity index (χ0) is 15.2. The molecule has 106 valence electrons. The molecule has 2 heterocycles. The maximum Gasteiger partial charge on any atom is 0.153 e. The van der Waals surface area contributed by atoms with E-state index in [4.69, 9.17) is 10.2 Å². The van der Waals surface area contributed by atoms with E-state index in [0.717, 1.165) is 27.4 Å². The van der Waals surface area contributed by atoms with Gasteiger partial charge in [0, 0.05) is 5.54 Å². The molecular formula is C16H16N4S. The van der Waals surface area contributed by atoms with Gasteiger partial charge in [0.1, 0.15) is 0 Å². The lowest BCUT2D eigenvalue weighted by atomic mass is 10.1. The molecular weight excluding hydrogens is 280 g/mol. The van der Waals surface area contributed by atoms with Crippen LogP contribution < -0.4 is 0 Å². The molecule has 0 N–H and O–H groups in total. The Hall–Kier alpha value is -2.19. The van der Waals surface area contributed by atoms with E-state index in [0.29, 0.717) is 5.56 Å². The maximum atomic E-state index is 9.07. The molecule has 0 fully saturated rings. The van der Waals surface area contributed by atoms with Gasteiger partial charge in [0.25, 0.3) is 0 Å². The van der Waals surface area contributed by atoms with Gasteiger partial charge in [-0.05, 0) is 45.9 Å². The average Bonchev–Trinajstić information content (AvgIpc) is 2.99. The van der Waals surface area contributed by atoms with E-state index < -0.39 is 0 Å². The van der Waals surface area contributed by atoms with Gasteiger partial charge in [-0.2, -0.15) is 5.26 Å². The van der Waals surface area contributed by atoms with Gasteiger partial charge in [0.2, 0.25) is 0 Å². The van der Waals surface area contributed by atoms with Crippen molar-refractivity contribution < 1.29 is 0 Å². The van der Waals surface area contributed by atoms with E-state index in [1.807, 2.05) is 30.6 Å². The highest BCUT2D eigenvalue weighted by Gasteiger charge is 2.24. The molecule has 5 heteroatoms. The third kappa shape index (κ3) is 2.22. The fourth-order valence-corrected chi connectivity index (χ4v) is 3.28. The highest BCUT2D eigenvalue weighted by Crippen LogP contribution is 2.34. The molecule has 1 aromatic carbocycles. The Kier molecular flexibility index (Phi) is 3.07. The fourth-order valence-electron chi connectivity index (χ4n) is 2.50. The summed E-state index contributed by atoms with van der Waals surface area (Å²) in [6.45, 7) is 8.48. The van der Waals surface area contributed by atoms with Crippen molar-refractivity contribution in [3.63, 3.8) is 0 Å². The highest BCUT2D eigenvalue weighted by atomic mass is 32.1. The summed E-state index contributed by atoms with van der Waals surface area (Å²) in [4.78, 5) is 10.2. The Balaban J connectivity index is 2.39. The topological polar surface area (TPSA) is 54.5 Å². The summed E-state index contributed by atoms with van der Waals surface area (Å²) in [6, 6.07) is 7.84. The summed E-state index contributed by atoms with van der Waals surface area (Å²) in [5, 5.41) is 9.07. The molecule has 0 saturated heterocycles. The molecule has 0 atom stereocenters. The highest BCUT2D eigenvalue weighted by molar-refractivity contribution is 7.13. The number of aromatic nitrogens is 3. The number of nitriles is 1.